The number of carbonyl (C=O) groups is 3. The summed E-state index contributed by atoms with van der Waals surface area (Å²) in [5.41, 5.74) is 2.45. The van der Waals surface area contributed by atoms with Gasteiger partial charge in [0.25, 0.3) is 0 Å². The average molecular weight is 369 g/mol. The Bertz CT molecular complexity index is 818. The molecule has 0 aromatic heterocycles. The van der Waals surface area contributed by atoms with Crippen LogP contribution in [0.2, 0.25) is 0 Å². The zero-order valence-electron chi connectivity index (χ0n) is 15.6. The summed E-state index contributed by atoms with van der Waals surface area (Å²) in [6, 6.07) is 14.0. The van der Waals surface area contributed by atoms with Crippen molar-refractivity contribution < 1.29 is 19.1 Å². The van der Waals surface area contributed by atoms with E-state index in [9.17, 15) is 14.4 Å². The van der Waals surface area contributed by atoms with Gasteiger partial charge in [0, 0.05) is 5.69 Å². The lowest BCUT2D eigenvalue weighted by Crippen LogP contribution is -2.36. The van der Waals surface area contributed by atoms with Gasteiger partial charge in [-0.25, -0.2) is 4.79 Å². The van der Waals surface area contributed by atoms with Gasteiger partial charge in [-0.05, 0) is 38.2 Å². The molecule has 0 atom stereocenters. The van der Waals surface area contributed by atoms with E-state index in [2.05, 4.69) is 10.6 Å². The second-order valence-corrected chi connectivity index (χ2v) is 6.17. The van der Waals surface area contributed by atoms with Crippen molar-refractivity contribution in [3.63, 3.8) is 0 Å². The number of methoxy groups -OCH3 is 1. The van der Waals surface area contributed by atoms with E-state index in [0.29, 0.717) is 11.4 Å². The third kappa shape index (κ3) is 6.23. The topological polar surface area (TPSA) is 87.7 Å². The minimum atomic E-state index is -0.531. The second kappa shape index (κ2) is 9.49. The molecule has 0 fully saturated rings. The summed E-state index contributed by atoms with van der Waals surface area (Å²) in [4.78, 5) is 37.6. The summed E-state index contributed by atoms with van der Waals surface area (Å²) in [6.07, 6.45) is 0. The number of nitrogens with one attached hydrogen (secondary N) is 2. The quantitative estimate of drug-likeness (QED) is 0.731. The average Bonchev–Trinajstić information content (AvgIpc) is 2.63. The standard InChI is InChI=1S/C20H23N3O4/c1-14-8-10-15(11-9-14)21-18(24)12-23(2)13-19(25)22-17-7-5-4-6-16(17)20(26)27-3/h4-11H,12-13H2,1-3H3,(H,21,24)(H,22,25). The van der Waals surface area contributed by atoms with Crippen LogP contribution in [0.5, 0.6) is 0 Å². The highest BCUT2D eigenvalue weighted by Gasteiger charge is 2.15. The van der Waals surface area contributed by atoms with Crippen LogP contribution >= 0.6 is 0 Å². The van der Waals surface area contributed by atoms with E-state index in [1.165, 1.54) is 7.11 Å². The highest BCUT2D eigenvalue weighted by atomic mass is 16.5. The largest absolute Gasteiger partial charge is 0.465 e. The fourth-order valence-electron chi connectivity index (χ4n) is 2.45. The molecular weight excluding hydrogens is 346 g/mol. The van der Waals surface area contributed by atoms with Gasteiger partial charge in [0.15, 0.2) is 0 Å². The second-order valence-electron chi connectivity index (χ2n) is 6.17. The van der Waals surface area contributed by atoms with Gasteiger partial charge >= 0.3 is 5.97 Å². The van der Waals surface area contributed by atoms with E-state index in [4.69, 9.17) is 4.74 Å². The van der Waals surface area contributed by atoms with Gasteiger partial charge in [0.2, 0.25) is 11.8 Å². The smallest absolute Gasteiger partial charge is 0.339 e. The molecule has 2 aromatic carbocycles. The molecule has 2 amide bonds. The van der Waals surface area contributed by atoms with Crippen molar-refractivity contribution in [2.45, 2.75) is 6.92 Å². The van der Waals surface area contributed by atoms with Crippen molar-refractivity contribution in [3.05, 3.63) is 59.7 Å². The van der Waals surface area contributed by atoms with Crippen LogP contribution in [0.15, 0.2) is 48.5 Å². The molecule has 0 spiro atoms. The molecular formula is C20H23N3O4. The predicted octanol–water partition coefficient (Wildman–Crippen LogP) is 2.29. The van der Waals surface area contributed by atoms with Crippen LogP contribution in [0.3, 0.4) is 0 Å². The highest BCUT2D eigenvalue weighted by Crippen LogP contribution is 2.16. The Morgan fingerprint density at radius 1 is 0.926 bits per heavy atom. The van der Waals surface area contributed by atoms with Crippen LogP contribution in [-0.4, -0.2) is 49.9 Å². The number of carbonyl (C=O) groups excluding carboxylic acids is 3. The van der Waals surface area contributed by atoms with Gasteiger partial charge in [-0.15, -0.1) is 0 Å². The summed E-state index contributed by atoms with van der Waals surface area (Å²) < 4.78 is 4.70. The predicted molar refractivity (Wildman–Crippen MR) is 104 cm³/mol. The maximum absolute atomic E-state index is 12.2. The Morgan fingerprint density at radius 2 is 1.52 bits per heavy atom. The number of nitrogens with zero attached hydrogens (tertiary/aromatic N) is 1. The number of hydrogen-bond donors (Lipinski definition) is 2. The number of para-hydroxylation sites is 1. The Kier molecular flexibility index (Phi) is 7.08. The van der Waals surface area contributed by atoms with Crippen molar-refractivity contribution in [1.82, 2.24) is 4.90 Å². The number of esters is 1. The van der Waals surface area contributed by atoms with Crippen LogP contribution in [-0.2, 0) is 14.3 Å². The highest BCUT2D eigenvalue weighted by molar-refractivity contribution is 6.02. The van der Waals surface area contributed by atoms with Crippen LogP contribution in [0.1, 0.15) is 15.9 Å². The summed E-state index contributed by atoms with van der Waals surface area (Å²) in [5, 5.41) is 5.45. The van der Waals surface area contributed by atoms with E-state index in [0.717, 1.165) is 5.56 Å². The summed E-state index contributed by atoms with van der Waals surface area (Å²) >= 11 is 0. The van der Waals surface area contributed by atoms with Gasteiger partial charge in [0.1, 0.15) is 0 Å². The molecule has 0 saturated carbocycles. The van der Waals surface area contributed by atoms with Gasteiger partial charge in [-0.1, -0.05) is 29.8 Å². The number of anilines is 2. The Morgan fingerprint density at radius 3 is 2.15 bits per heavy atom. The molecule has 2 rings (SSSR count). The molecule has 7 nitrogen and oxygen atoms in total. The molecule has 0 heterocycles. The van der Waals surface area contributed by atoms with E-state index in [-0.39, 0.29) is 30.5 Å². The lowest BCUT2D eigenvalue weighted by molar-refractivity contribution is -0.119. The first-order chi connectivity index (χ1) is 12.9. The minimum Gasteiger partial charge on any atom is -0.465 e. The maximum Gasteiger partial charge on any atom is 0.339 e. The molecule has 0 bridgehead atoms. The molecule has 2 aromatic rings. The van der Waals surface area contributed by atoms with Crippen molar-refractivity contribution >= 4 is 29.2 Å². The Labute approximate surface area is 158 Å². The van der Waals surface area contributed by atoms with Crippen LogP contribution in [0, 0.1) is 6.92 Å². The number of ether oxygens (including phenoxy) is 1. The van der Waals surface area contributed by atoms with Gasteiger partial charge in [-0.2, -0.15) is 0 Å². The number of aryl methyl sites for hydroxylation is 1. The molecule has 142 valence electrons. The summed E-state index contributed by atoms with van der Waals surface area (Å²) in [7, 11) is 2.95. The van der Waals surface area contributed by atoms with Gasteiger partial charge in [-0.3, -0.25) is 14.5 Å². The summed E-state index contributed by atoms with van der Waals surface area (Å²) in [5.74, 6) is -1.09. The Hall–Kier alpha value is -3.19. The first kappa shape index (κ1) is 20.1. The number of hydrogen-bond acceptors (Lipinski definition) is 5. The first-order valence-corrected chi connectivity index (χ1v) is 8.41. The van der Waals surface area contributed by atoms with Crippen LogP contribution in [0.4, 0.5) is 11.4 Å². The Balaban J connectivity index is 1.87. The SMILES string of the molecule is COC(=O)c1ccccc1NC(=O)CN(C)CC(=O)Nc1ccc(C)cc1. The third-order valence-electron chi connectivity index (χ3n) is 3.77. The maximum atomic E-state index is 12.2. The van der Waals surface area contributed by atoms with Crippen LogP contribution < -0.4 is 10.6 Å². The molecule has 0 saturated heterocycles. The van der Waals surface area contributed by atoms with Crippen molar-refractivity contribution in [2.24, 2.45) is 0 Å². The monoisotopic (exact) mass is 369 g/mol. The normalized spacial score (nSPS) is 10.4. The number of likely N-dealkylation sites (N-methyl/N-ethyl adjacent to an activating group) is 1. The molecule has 0 aliphatic rings. The molecule has 7 heteroatoms. The number of rotatable bonds is 7. The first-order valence-electron chi connectivity index (χ1n) is 8.41. The molecule has 0 unspecified atom stereocenters. The zero-order chi connectivity index (χ0) is 19.8. The van der Waals surface area contributed by atoms with Crippen molar-refractivity contribution in [3.8, 4) is 0 Å². The van der Waals surface area contributed by atoms with Gasteiger partial charge < -0.3 is 15.4 Å². The fourth-order valence-corrected chi connectivity index (χ4v) is 2.45. The van der Waals surface area contributed by atoms with Crippen molar-refractivity contribution in [1.29, 1.82) is 0 Å². The minimum absolute atomic E-state index is 0.00315. The molecule has 0 aliphatic heterocycles. The van der Waals surface area contributed by atoms with Gasteiger partial charge in [0.05, 0.1) is 31.5 Å². The molecule has 27 heavy (non-hydrogen) atoms. The van der Waals surface area contributed by atoms with E-state index in [1.807, 2.05) is 31.2 Å². The van der Waals surface area contributed by atoms with E-state index < -0.39 is 5.97 Å². The van der Waals surface area contributed by atoms with Crippen molar-refractivity contribution in [2.75, 3.05) is 37.9 Å². The zero-order valence-corrected chi connectivity index (χ0v) is 15.6. The third-order valence-corrected chi connectivity index (χ3v) is 3.77. The van der Waals surface area contributed by atoms with E-state index in [1.54, 1.807) is 36.2 Å². The lowest BCUT2D eigenvalue weighted by atomic mass is 10.2. The van der Waals surface area contributed by atoms with E-state index >= 15 is 0 Å². The molecule has 0 aliphatic carbocycles. The number of benzene rings is 2. The lowest BCUT2D eigenvalue weighted by Gasteiger charge is -2.17. The number of amides is 2. The summed E-state index contributed by atoms with van der Waals surface area (Å²) in [6.45, 7) is 2.02. The fraction of sp³-hybridized carbons (Fsp3) is 0.250. The molecule has 2 N–H and O–H groups in total. The molecule has 0 radical (unpaired) electrons. The van der Waals surface area contributed by atoms with Crippen LogP contribution in [0.25, 0.3) is 0 Å².